The molecule has 0 bridgehead atoms. The van der Waals surface area contributed by atoms with Crippen LogP contribution in [0.3, 0.4) is 0 Å². The zero-order chi connectivity index (χ0) is 32.8. The second-order valence-electron chi connectivity index (χ2n) is 13.5. The second-order valence-corrected chi connectivity index (χ2v) is 14.4. The van der Waals surface area contributed by atoms with Crippen molar-refractivity contribution in [1.29, 1.82) is 0 Å². The van der Waals surface area contributed by atoms with Crippen molar-refractivity contribution in [2.75, 3.05) is 19.6 Å². The third kappa shape index (κ3) is 48.7. The van der Waals surface area contributed by atoms with E-state index in [4.69, 9.17) is 17.5 Å². The summed E-state index contributed by atoms with van der Waals surface area (Å²) in [6, 6.07) is 0. The van der Waals surface area contributed by atoms with Crippen LogP contribution in [0.15, 0.2) is 0 Å². The van der Waals surface area contributed by atoms with E-state index in [0.717, 1.165) is 0 Å². The Hall–Kier alpha value is -0.170. The summed E-state index contributed by atoms with van der Waals surface area (Å²) in [6.45, 7) is 10.9. The van der Waals surface area contributed by atoms with Crippen LogP contribution in [0.1, 0.15) is 226 Å². The summed E-state index contributed by atoms with van der Waals surface area (Å²) in [6.07, 6.45) is 46.9. The van der Waals surface area contributed by atoms with Gasteiger partial charge < -0.3 is 4.90 Å². The van der Waals surface area contributed by atoms with Gasteiger partial charge in [0.05, 0.1) is 0 Å². The highest BCUT2D eigenvalue weighted by atomic mass is 32.3. The molecule has 44 heavy (non-hydrogen) atoms. The van der Waals surface area contributed by atoms with Gasteiger partial charge in [-0.1, -0.05) is 213 Å². The summed E-state index contributed by atoms with van der Waals surface area (Å²) in [5.74, 6) is 0. The molecule has 0 unspecified atom stereocenters. The summed E-state index contributed by atoms with van der Waals surface area (Å²) in [4.78, 5) is 2.72. The summed E-state index contributed by atoms with van der Waals surface area (Å²) >= 11 is 0. The predicted molar refractivity (Wildman–Crippen MR) is 195 cm³/mol. The quantitative estimate of drug-likeness (QED) is 0.0528. The normalized spacial score (nSPS) is 11.7. The molecule has 0 radical (unpaired) electrons. The fraction of sp³-hybridized carbons (Fsp3) is 1.00. The monoisotopic (exact) mass is 648 g/mol. The van der Waals surface area contributed by atoms with Crippen molar-refractivity contribution < 1.29 is 17.5 Å². The topological polar surface area (TPSA) is 77.8 Å². The third-order valence-electron chi connectivity index (χ3n) is 9.10. The van der Waals surface area contributed by atoms with Crippen molar-refractivity contribution in [3.8, 4) is 0 Å². The molecule has 0 fully saturated rings. The highest BCUT2D eigenvalue weighted by Gasteiger charge is 2.02. The first-order chi connectivity index (χ1) is 21.3. The molecule has 0 aliphatic carbocycles. The van der Waals surface area contributed by atoms with Crippen molar-refractivity contribution in [2.24, 2.45) is 0 Å². The van der Waals surface area contributed by atoms with Crippen molar-refractivity contribution in [3.05, 3.63) is 0 Å². The molecule has 0 amide bonds. The first kappa shape index (κ1) is 46.0. The van der Waals surface area contributed by atoms with Gasteiger partial charge in [0.1, 0.15) is 0 Å². The third-order valence-corrected chi connectivity index (χ3v) is 9.10. The van der Waals surface area contributed by atoms with Gasteiger partial charge in [0, 0.05) is 0 Å². The van der Waals surface area contributed by atoms with Crippen molar-refractivity contribution in [3.63, 3.8) is 0 Å². The van der Waals surface area contributed by atoms with E-state index in [-0.39, 0.29) is 0 Å². The Kier molecular flexibility index (Phi) is 40.7. The Morgan fingerprint density at radius 3 is 0.659 bits per heavy atom. The summed E-state index contributed by atoms with van der Waals surface area (Å²) in [5, 5.41) is 0. The molecule has 5 nitrogen and oxygen atoms in total. The Morgan fingerprint density at radius 2 is 0.500 bits per heavy atom. The van der Waals surface area contributed by atoms with Crippen LogP contribution in [0.4, 0.5) is 0 Å². The molecular formula is C38H81NO4S. The number of hydrogen-bond acceptors (Lipinski definition) is 3. The van der Waals surface area contributed by atoms with E-state index < -0.39 is 10.4 Å². The summed E-state index contributed by atoms with van der Waals surface area (Å²) in [7, 11) is -4.67. The predicted octanol–water partition coefficient (Wildman–Crippen LogP) is 13.2. The van der Waals surface area contributed by atoms with E-state index in [1.807, 2.05) is 0 Å². The Labute approximate surface area is 278 Å². The summed E-state index contributed by atoms with van der Waals surface area (Å²) < 4.78 is 31.6. The molecule has 6 heteroatoms. The van der Waals surface area contributed by atoms with Crippen LogP contribution < -0.4 is 0 Å². The first-order valence-electron chi connectivity index (χ1n) is 19.8. The van der Waals surface area contributed by atoms with Crippen LogP contribution in [0, 0.1) is 0 Å². The number of rotatable bonds is 35. The zero-order valence-electron chi connectivity index (χ0n) is 30.3. The molecule has 268 valence electrons. The molecule has 0 aromatic rings. The molecule has 2 N–H and O–H groups in total. The van der Waals surface area contributed by atoms with E-state index in [0.29, 0.717) is 0 Å². The van der Waals surface area contributed by atoms with E-state index in [1.54, 1.807) is 0 Å². The Bertz CT molecular complexity index is 570. The maximum absolute atomic E-state index is 8.74. The number of nitrogens with zero attached hydrogens (tertiary/aromatic N) is 1. The van der Waals surface area contributed by atoms with E-state index in [1.165, 1.54) is 225 Å². The van der Waals surface area contributed by atoms with Crippen LogP contribution in [0.2, 0.25) is 0 Å². The maximum Gasteiger partial charge on any atom is 0.394 e. The van der Waals surface area contributed by atoms with Gasteiger partial charge in [0.15, 0.2) is 0 Å². The molecule has 0 saturated carbocycles. The van der Waals surface area contributed by atoms with Crippen LogP contribution in [-0.2, 0) is 10.4 Å². The van der Waals surface area contributed by atoms with E-state index >= 15 is 0 Å². The highest BCUT2D eigenvalue weighted by molar-refractivity contribution is 7.79. The number of hydrogen-bond donors (Lipinski definition) is 2. The van der Waals surface area contributed by atoms with Gasteiger partial charge in [-0.3, -0.25) is 9.11 Å². The molecular weight excluding hydrogens is 566 g/mol. The van der Waals surface area contributed by atoms with E-state index in [9.17, 15) is 0 Å². The standard InChI is InChI=1S/C38H79N.H2O4S/c1-4-7-9-11-13-15-17-19-21-23-25-27-29-31-33-35-37-39(6-3)38-36-34-32-30-28-26-24-22-20-18-16-14-12-10-8-5-2;1-5(2,3)4/h4-38H2,1-3H3;(H2,1,2,3,4). The number of unbranched alkanes of at least 4 members (excludes halogenated alkanes) is 30. The lowest BCUT2D eigenvalue weighted by Gasteiger charge is -2.20. The van der Waals surface area contributed by atoms with Crippen molar-refractivity contribution in [1.82, 2.24) is 4.90 Å². The molecule has 0 rings (SSSR count). The van der Waals surface area contributed by atoms with Crippen LogP contribution >= 0.6 is 0 Å². The van der Waals surface area contributed by atoms with Crippen molar-refractivity contribution in [2.45, 2.75) is 226 Å². The zero-order valence-corrected chi connectivity index (χ0v) is 31.1. The lowest BCUT2D eigenvalue weighted by atomic mass is 10.0. The average molecular weight is 648 g/mol. The Morgan fingerprint density at radius 1 is 0.341 bits per heavy atom. The minimum Gasteiger partial charge on any atom is -0.304 e. The molecule has 0 aromatic carbocycles. The molecule has 0 aromatic heterocycles. The fourth-order valence-corrected chi connectivity index (χ4v) is 6.20. The Balaban J connectivity index is 0. The lowest BCUT2D eigenvalue weighted by molar-refractivity contribution is 0.273. The van der Waals surface area contributed by atoms with Gasteiger partial charge in [-0.05, 0) is 32.5 Å². The molecule has 0 saturated heterocycles. The van der Waals surface area contributed by atoms with Gasteiger partial charge in [-0.15, -0.1) is 0 Å². The second kappa shape index (κ2) is 39.0. The molecule has 0 aliphatic rings. The minimum absolute atomic E-state index is 1.25. The molecule has 0 atom stereocenters. The molecule has 0 heterocycles. The van der Waals surface area contributed by atoms with Crippen LogP contribution in [0.25, 0.3) is 0 Å². The van der Waals surface area contributed by atoms with Gasteiger partial charge in [-0.25, -0.2) is 0 Å². The lowest BCUT2D eigenvalue weighted by Crippen LogP contribution is -2.25. The van der Waals surface area contributed by atoms with Crippen LogP contribution in [-0.4, -0.2) is 42.1 Å². The molecule has 0 aliphatic heterocycles. The molecule has 0 spiro atoms. The van der Waals surface area contributed by atoms with Gasteiger partial charge >= 0.3 is 10.4 Å². The average Bonchev–Trinajstić information content (AvgIpc) is 2.98. The highest BCUT2D eigenvalue weighted by Crippen LogP contribution is 2.15. The SMILES string of the molecule is CCCCCCCCCCCCCCCCCCN(CC)CCCCCCCCCCCCCCCCCC.O=S(=O)(O)O. The van der Waals surface area contributed by atoms with Gasteiger partial charge in [-0.2, -0.15) is 8.42 Å². The minimum atomic E-state index is -4.67. The van der Waals surface area contributed by atoms with Crippen LogP contribution in [0.5, 0.6) is 0 Å². The van der Waals surface area contributed by atoms with E-state index in [2.05, 4.69) is 25.7 Å². The maximum atomic E-state index is 8.74. The first-order valence-corrected chi connectivity index (χ1v) is 21.2. The smallest absolute Gasteiger partial charge is 0.304 e. The van der Waals surface area contributed by atoms with Crippen molar-refractivity contribution >= 4 is 10.4 Å². The fourth-order valence-electron chi connectivity index (χ4n) is 6.20. The van der Waals surface area contributed by atoms with Gasteiger partial charge in [0.2, 0.25) is 0 Å². The van der Waals surface area contributed by atoms with Gasteiger partial charge in [0.25, 0.3) is 0 Å². The summed E-state index contributed by atoms with van der Waals surface area (Å²) in [5.41, 5.74) is 0. The largest absolute Gasteiger partial charge is 0.394 e.